The molecule has 0 fully saturated rings. The summed E-state index contributed by atoms with van der Waals surface area (Å²) in [6.07, 6.45) is -1.47. The average molecular weight is 428 g/mol. The number of aliphatic hydroxyl groups excluding tert-OH is 2. The molecule has 3 aromatic rings. The number of para-hydroxylation sites is 1. The van der Waals surface area contributed by atoms with E-state index in [-0.39, 0.29) is 26.4 Å². The molecule has 7 nitrogen and oxygen atoms in total. The molecule has 0 amide bonds. The van der Waals surface area contributed by atoms with E-state index in [0.29, 0.717) is 23.0 Å². The van der Waals surface area contributed by atoms with Gasteiger partial charge in [-0.05, 0) is 41.8 Å². The highest BCUT2D eigenvalue weighted by Crippen LogP contribution is 2.39. The maximum absolute atomic E-state index is 10.0. The molecular weight excluding hydrogens is 400 g/mol. The van der Waals surface area contributed by atoms with Crippen molar-refractivity contribution in [2.75, 3.05) is 40.6 Å². The second-order valence-corrected chi connectivity index (χ2v) is 7.03. The van der Waals surface area contributed by atoms with Crippen LogP contribution >= 0.6 is 0 Å². The predicted octanol–water partition coefficient (Wildman–Crippen LogP) is 3.40. The quantitative estimate of drug-likeness (QED) is 0.457. The Morgan fingerprint density at radius 3 is 2.06 bits per heavy atom. The molecule has 0 spiro atoms. The molecule has 3 aromatic carbocycles. The van der Waals surface area contributed by atoms with Crippen molar-refractivity contribution < 1.29 is 33.9 Å². The van der Waals surface area contributed by atoms with E-state index in [1.54, 1.807) is 6.07 Å². The van der Waals surface area contributed by atoms with Crippen molar-refractivity contribution in [1.82, 2.24) is 0 Å². The normalized spacial score (nSPS) is 13.0. The van der Waals surface area contributed by atoms with E-state index in [4.69, 9.17) is 23.7 Å². The molecule has 2 unspecified atom stereocenters. The Morgan fingerprint density at radius 2 is 1.39 bits per heavy atom. The number of hydrogen-bond donors (Lipinski definition) is 2. The van der Waals surface area contributed by atoms with Gasteiger partial charge in [0.2, 0.25) is 0 Å². The highest BCUT2D eigenvalue weighted by atomic mass is 16.5. The van der Waals surface area contributed by atoms with Crippen LogP contribution in [0.5, 0.6) is 23.0 Å². The van der Waals surface area contributed by atoms with E-state index in [1.807, 2.05) is 54.6 Å². The monoisotopic (exact) mass is 428 g/mol. The van der Waals surface area contributed by atoms with Crippen LogP contribution in [0.4, 0.5) is 0 Å². The number of rotatable bonds is 12. The van der Waals surface area contributed by atoms with Crippen LogP contribution < -0.4 is 14.2 Å². The van der Waals surface area contributed by atoms with Crippen molar-refractivity contribution >= 4 is 10.8 Å². The highest BCUT2D eigenvalue weighted by Gasteiger charge is 2.15. The molecule has 0 heterocycles. The van der Waals surface area contributed by atoms with Gasteiger partial charge in [0.25, 0.3) is 0 Å². The molecule has 0 saturated heterocycles. The zero-order chi connectivity index (χ0) is 22.1. The molecule has 3 rings (SSSR count). The molecule has 0 aliphatic heterocycles. The molecule has 166 valence electrons. The molecule has 2 N–H and O–H groups in total. The van der Waals surface area contributed by atoms with Crippen molar-refractivity contribution in [3.63, 3.8) is 0 Å². The SMILES string of the molecule is COCC(O)COc1ccc2c(OCC(O)COC)c(Oc3ccccc3)ccc2c1. The summed E-state index contributed by atoms with van der Waals surface area (Å²) in [6, 6.07) is 18.7. The third kappa shape index (κ3) is 6.57. The number of fused-ring (bicyclic) bond motifs is 1. The van der Waals surface area contributed by atoms with Gasteiger partial charge < -0.3 is 33.9 Å². The first kappa shape index (κ1) is 22.8. The van der Waals surface area contributed by atoms with E-state index >= 15 is 0 Å². The predicted molar refractivity (Wildman–Crippen MR) is 117 cm³/mol. The van der Waals surface area contributed by atoms with Crippen LogP contribution in [0.25, 0.3) is 10.8 Å². The Bertz CT molecular complexity index is 945. The minimum Gasteiger partial charge on any atom is -0.491 e. The number of ether oxygens (including phenoxy) is 5. The molecule has 0 bridgehead atoms. The van der Waals surface area contributed by atoms with Gasteiger partial charge in [0.1, 0.15) is 36.9 Å². The zero-order valence-electron chi connectivity index (χ0n) is 17.7. The van der Waals surface area contributed by atoms with Gasteiger partial charge in [-0.25, -0.2) is 0 Å². The number of methoxy groups -OCH3 is 2. The van der Waals surface area contributed by atoms with Crippen molar-refractivity contribution in [2.45, 2.75) is 12.2 Å². The molecule has 0 radical (unpaired) electrons. The smallest absolute Gasteiger partial charge is 0.169 e. The fraction of sp³-hybridized carbons (Fsp3) is 0.333. The van der Waals surface area contributed by atoms with Crippen LogP contribution in [0.15, 0.2) is 60.7 Å². The molecule has 2 atom stereocenters. The molecule has 0 aromatic heterocycles. The third-order valence-corrected chi connectivity index (χ3v) is 4.46. The lowest BCUT2D eigenvalue weighted by atomic mass is 10.1. The summed E-state index contributed by atoms with van der Waals surface area (Å²) in [5.41, 5.74) is 0. The van der Waals surface area contributed by atoms with Crippen LogP contribution in [0, 0.1) is 0 Å². The number of benzene rings is 3. The molecule has 0 aliphatic rings. The summed E-state index contributed by atoms with van der Waals surface area (Å²) >= 11 is 0. The van der Waals surface area contributed by atoms with E-state index in [1.165, 1.54) is 14.2 Å². The Morgan fingerprint density at radius 1 is 0.710 bits per heavy atom. The minimum absolute atomic E-state index is 0.0551. The van der Waals surface area contributed by atoms with E-state index in [0.717, 1.165) is 10.8 Å². The number of hydrogen-bond acceptors (Lipinski definition) is 7. The van der Waals surface area contributed by atoms with Crippen LogP contribution in [0.2, 0.25) is 0 Å². The van der Waals surface area contributed by atoms with Gasteiger partial charge in [0, 0.05) is 19.6 Å². The summed E-state index contributed by atoms with van der Waals surface area (Å²) in [4.78, 5) is 0. The van der Waals surface area contributed by atoms with Gasteiger partial charge in [-0.2, -0.15) is 0 Å². The largest absolute Gasteiger partial charge is 0.491 e. The lowest BCUT2D eigenvalue weighted by molar-refractivity contribution is 0.0323. The van der Waals surface area contributed by atoms with Crippen LogP contribution in [-0.2, 0) is 9.47 Å². The van der Waals surface area contributed by atoms with Crippen LogP contribution in [-0.4, -0.2) is 63.1 Å². The first-order chi connectivity index (χ1) is 15.1. The van der Waals surface area contributed by atoms with Crippen molar-refractivity contribution in [3.8, 4) is 23.0 Å². The summed E-state index contributed by atoms with van der Waals surface area (Å²) in [5.74, 6) is 2.34. The van der Waals surface area contributed by atoms with Crippen molar-refractivity contribution in [1.29, 1.82) is 0 Å². The second-order valence-electron chi connectivity index (χ2n) is 7.03. The van der Waals surface area contributed by atoms with Crippen molar-refractivity contribution in [3.05, 3.63) is 60.7 Å². The molecule has 31 heavy (non-hydrogen) atoms. The summed E-state index contributed by atoms with van der Waals surface area (Å²) in [5, 5.41) is 21.5. The maximum atomic E-state index is 10.0. The standard InChI is InChI=1S/C24H28O7/c1-27-13-18(25)15-29-21-9-10-22-17(12-21)8-11-23(31-20-6-4-3-5-7-20)24(22)30-16-19(26)14-28-2/h3-12,18-19,25-26H,13-16H2,1-2H3. The minimum atomic E-state index is -0.769. The van der Waals surface area contributed by atoms with Crippen molar-refractivity contribution in [2.24, 2.45) is 0 Å². The lowest BCUT2D eigenvalue weighted by Crippen LogP contribution is -2.23. The summed E-state index contributed by atoms with van der Waals surface area (Å²) < 4.78 is 27.5. The zero-order valence-corrected chi connectivity index (χ0v) is 17.7. The fourth-order valence-corrected chi connectivity index (χ4v) is 3.05. The number of aliphatic hydroxyl groups is 2. The summed E-state index contributed by atoms with van der Waals surface area (Å²) in [6.45, 7) is 0.553. The van der Waals surface area contributed by atoms with E-state index < -0.39 is 12.2 Å². The van der Waals surface area contributed by atoms with Gasteiger partial charge in [-0.1, -0.05) is 24.3 Å². The van der Waals surface area contributed by atoms with Gasteiger partial charge in [0.05, 0.1) is 13.2 Å². The van der Waals surface area contributed by atoms with Gasteiger partial charge in [-0.3, -0.25) is 0 Å². The van der Waals surface area contributed by atoms with E-state index in [2.05, 4.69) is 0 Å². The summed E-state index contributed by atoms with van der Waals surface area (Å²) in [7, 11) is 3.05. The topological polar surface area (TPSA) is 86.6 Å². The highest BCUT2D eigenvalue weighted by molar-refractivity contribution is 5.92. The average Bonchev–Trinajstić information content (AvgIpc) is 2.78. The van der Waals surface area contributed by atoms with Gasteiger partial charge in [0.15, 0.2) is 11.5 Å². The lowest BCUT2D eigenvalue weighted by Gasteiger charge is -2.18. The maximum Gasteiger partial charge on any atom is 0.169 e. The first-order valence-electron chi connectivity index (χ1n) is 10.00. The van der Waals surface area contributed by atoms with E-state index in [9.17, 15) is 10.2 Å². The fourth-order valence-electron chi connectivity index (χ4n) is 3.05. The molecule has 0 saturated carbocycles. The molecule has 7 heteroatoms. The third-order valence-electron chi connectivity index (χ3n) is 4.46. The molecular formula is C24H28O7. The Labute approximate surface area is 181 Å². The Kier molecular flexibility index (Phi) is 8.49. The van der Waals surface area contributed by atoms with Crippen LogP contribution in [0.3, 0.4) is 0 Å². The van der Waals surface area contributed by atoms with Gasteiger partial charge in [-0.15, -0.1) is 0 Å². The Balaban J connectivity index is 1.87. The Hall–Kier alpha value is -2.84. The van der Waals surface area contributed by atoms with Crippen LogP contribution in [0.1, 0.15) is 0 Å². The second kappa shape index (κ2) is 11.5. The first-order valence-corrected chi connectivity index (χ1v) is 10.00. The molecule has 0 aliphatic carbocycles. The van der Waals surface area contributed by atoms with Gasteiger partial charge >= 0.3 is 0 Å².